The van der Waals surface area contributed by atoms with Crippen LogP contribution in [-0.2, 0) is 23.1 Å². The van der Waals surface area contributed by atoms with E-state index in [9.17, 15) is 9.36 Å². The molecule has 7 heteroatoms. The minimum absolute atomic E-state index is 0.295. The number of esters is 1. The highest BCUT2D eigenvalue weighted by Gasteiger charge is 2.37. The quantitative estimate of drug-likeness (QED) is 0.409. The molecule has 0 saturated carbocycles. The first-order valence-corrected chi connectivity index (χ1v) is 7.58. The summed E-state index contributed by atoms with van der Waals surface area (Å²) in [6.45, 7) is 8.38. The van der Waals surface area contributed by atoms with Gasteiger partial charge in [-0.05, 0) is 34.6 Å². The first kappa shape index (κ1) is 16.9. The first-order valence-electron chi connectivity index (χ1n) is 5.43. The number of carbonyl (C=O) groups is 1. The molecule has 102 valence electrons. The summed E-state index contributed by atoms with van der Waals surface area (Å²) < 4.78 is 27.8. The fraction of sp³-hybridized carbons (Fsp3) is 0.900. The van der Waals surface area contributed by atoms with E-state index < -0.39 is 19.4 Å². The maximum atomic E-state index is 12.4. The standard InChI is InChI=1S/C10H20ClO5P/c1-7(2)15-17(13,16-8(3)4)9(5)14-10(12)6-11/h7-9H,6H2,1-5H3. The Morgan fingerprint density at radius 1 is 1.12 bits per heavy atom. The second-order valence-electron chi connectivity index (χ2n) is 4.07. The molecule has 17 heavy (non-hydrogen) atoms. The molecule has 0 aliphatic carbocycles. The molecule has 0 aromatic heterocycles. The molecule has 0 fully saturated rings. The van der Waals surface area contributed by atoms with Gasteiger partial charge in [-0.1, -0.05) is 0 Å². The van der Waals surface area contributed by atoms with Gasteiger partial charge in [0, 0.05) is 0 Å². The largest absolute Gasteiger partial charge is 0.449 e. The summed E-state index contributed by atoms with van der Waals surface area (Å²) in [5.74, 6) is -1.93. The maximum Gasteiger partial charge on any atom is 0.371 e. The number of halogens is 1. The van der Waals surface area contributed by atoms with E-state index in [1.807, 2.05) is 0 Å². The summed E-state index contributed by atoms with van der Waals surface area (Å²) >= 11 is 5.31. The van der Waals surface area contributed by atoms with E-state index in [4.69, 9.17) is 25.4 Å². The minimum Gasteiger partial charge on any atom is -0.449 e. The summed E-state index contributed by atoms with van der Waals surface area (Å²) in [6.07, 6.45) is -0.589. The Kier molecular flexibility index (Phi) is 7.33. The summed E-state index contributed by atoms with van der Waals surface area (Å²) in [6, 6.07) is 0. The molecule has 0 aromatic carbocycles. The van der Waals surface area contributed by atoms with Gasteiger partial charge in [-0.2, -0.15) is 0 Å². The van der Waals surface area contributed by atoms with E-state index in [1.165, 1.54) is 6.92 Å². The predicted molar refractivity (Wildman–Crippen MR) is 66.3 cm³/mol. The molecule has 5 nitrogen and oxygen atoms in total. The molecule has 0 heterocycles. The highest BCUT2D eigenvalue weighted by molar-refractivity contribution is 7.54. The third-order valence-electron chi connectivity index (χ3n) is 1.57. The molecule has 0 saturated heterocycles. The molecule has 1 unspecified atom stereocenters. The Labute approximate surface area is 107 Å². The van der Waals surface area contributed by atoms with Crippen molar-refractivity contribution < 1.29 is 23.1 Å². The minimum atomic E-state index is -3.49. The number of hydrogen-bond donors (Lipinski definition) is 0. The van der Waals surface area contributed by atoms with E-state index in [2.05, 4.69) is 0 Å². The SMILES string of the molecule is CC(C)OP(=O)(OC(C)C)C(C)OC(=O)CCl. The van der Waals surface area contributed by atoms with Crippen LogP contribution in [0.4, 0.5) is 0 Å². The molecule has 0 aromatic rings. The first-order chi connectivity index (χ1) is 7.71. The molecule has 0 spiro atoms. The normalized spacial score (nSPS) is 14.1. The van der Waals surface area contributed by atoms with Crippen molar-refractivity contribution in [1.82, 2.24) is 0 Å². The fourth-order valence-electron chi connectivity index (χ4n) is 1.07. The van der Waals surface area contributed by atoms with Gasteiger partial charge in [0.15, 0.2) is 5.85 Å². The van der Waals surface area contributed by atoms with Crippen molar-refractivity contribution in [3.05, 3.63) is 0 Å². The second-order valence-corrected chi connectivity index (χ2v) is 6.57. The zero-order valence-electron chi connectivity index (χ0n) is 10.8. The third-order valence-corrected chi connectivity index (χ3v) is 4.22. The average molecular weight is 287 g/mol. The van der Waals surface area contributed by atoms with Crippen LogP contribution >= 0.6 is 19.2 Å². The molecule has 0 radical (unpaired) electrons. The number of alkyl halides is 1. The van der Waals surface area contributed by atoms with Gasteiger partial charge in [-0.3, -0.25) is 9.36 Å². The second kappa shape index (κ2) is 7.37. The molecular weight excluding hydrogens is 267 g/mol. The van der Waals surface area contributed by atoms with Crippen LogP contribution in [0.1, 0.15) is 34.6 Å². The van der Waals surface area contributed by atoms with Crippen molar-refractivity contribution in [3.63, 3.8) is 0 Å². The predicted octanol–water partition coefficient (Wildman–Crippen LogP) is 3.16. The summed E-state index contributed by atoms with van der Waals surface area (Å²) in [5, 5.41) is 0. The summed E-state index contributed by atoms with van der Waals surface area (Å²) in [5.41, 5.74) is 0. The molecule has 0 bridgehead atoms. The lowest BCUT2D eigenvalue weighted by atomic mass is 10.5. The molecule has 0 N–H and O–H groups in total. The van der Waals surface area contributed by atoms with Crippen LogP contribution in [0.5, 0.6) is 0 Å². The van der Waals surface area contributed by atoms with E-state index in [-0.39, 0.29) is 18.1 Å². The Balaban J connectivity index is 4.77. The molecule has 0 aliphatic heterocycles. The number of ether oxygens (including phenoxy) is 1. The van der Waals surface area contributed by atoms with Crippen molar-refractivity contribution in [3.8, 4) is 0 Å². The van der Waals surface area contributed by atoms with E-state index in [1.54, 1.807) is 27.7 Å². The number of hydrogen-bond acceptors (Lipinski definition) is 5. The van der Waals surface area contributed by atoms with Crippen molar-refractivity contribution >= 4 is 25.2 Å². The van der Waals surface area contributed by atoms with Gasteiger partial charge >= 0.3 is 13.6 Å². The smallest absolute Gasteiger partial charge is 0.371 e. The van der Waals surface area contributed by atoms with Crippen LogP contribution in [0, 0.1) is 0 Å². The van der Waals surface area contributed by atoms with Crippen LogP contribution in [-0.4, -0.2) is 29.9 Å². The molecular formula is C10H20ClO5P. The maximum absolute atomic E-state index is 12.4. The zero-order chi connectivity index (χ0) is 13.6. The van der Waals surface area contributed by atoms with Crippen LogP contribution in [0.2, 0.25) is 0 Å². The Bertz CT molecular complexity index is 278. The highest BCUT2D eigenvalue weighted by Crippen LogP contribution is 2.55. The van der Waals surface area contributed by atoms with Gasteiger partial charge in [-0.15, -0.1) is 11.6 Å². The van der Waals surface area contributed by atoms with E-state index in [0.717, 1.165) is 0 Å². The Morgan fingerprint density at radius 3 is 1.82 bits per heavy atom. The highest BCUT2D eigenvalue weighted by atomic mass is 35.5. The van der Waals surface area contributed by atoms with Crippen molar-refractivity contribution in [2.24, 2.45) is 0 Å². The Morgan fingerprint density at radius 2 is 1.53 bits per heavy atom. The average Bonchev–Trinajstić information content (AvgIpc) is 2.14. The van der Waals surface area contributed by atoms with Crippen molar-refractivity contribution in [2.45, 2.75) is 52.7 Å². The van der Waals surface area contributed by atoms with Crippen LogP contribution in [0.25, 0.3) is 0 Å². The molecule has 1 atom stereocenters. The van der Waals surface area contributed by atoms with Crippen molar-refractivity contribution in [2.75, 3.05) is 5.88 Å². The summed E-state index contributed by atoms with van der Waals surface area (Å²) in [4.78, 5) is 11.1. The fourth-order valence-corrected chi connectivity index (χ4v) is 2.95. The lowest BCUT2D eigenvalue weighted by Gasteiger charge is -2.27. The number of rotatable bonds is 7. The van der Waals surface area contributed by atoms with Crippen molar-refractivity contribution in [1.29, 1.82) is 0 Å². The van der Waals surface area contributed by atoms with Gasteiger partial charge in [0.2, 0.25) is 0 Å². The zero-order valence-corrected chi connectivity index (χ0v) is 12.5. The van der Waals surface area contributed by atoms with Gasteiger partial charge in [0.05, 0.1) is 12.2 Å². The molecule has 0 rings (SSSR count). The van der Waals surface area contributed by atoms with Gasteiger partial charge in [-0.25, -0.2) is 0 Å². The van der Waals surface area contributed by atoms with Crippen LogP contribution in [0.3, 0.4) is 0 Å². The topological polar surface area (TPSA) is 61.8 Å². The van der Waals surface area contributed by atoms with Crippen LogP contribution < -0.4 is 0 Å². The molecule has 0 aliphatic rings. The lowest BCUT2D eigenvalue weighted by molar-refractivity contribution is -0.142. The monoisotopic (exact) mass is 286 g/mol. The lowest BCUT2D eigenvalue weighted by Crippen LogP contribution is -2.21. The van der Waals surface area contributed by atoms with Crippen LogP contribution in [0.15, 0.2) is 0 Å². The third kappa shape index (κ3) is 6.41. The van der Waals surface area contributed by atoms with E-state index >= 15 is 0 Å². The Hall–Kier alpha value is -0.0900. The summed E-state index contributed by atoms with van der Waals surface area (Å²) in [7, 11) is -3.49. The molecule has 0 amide bonds. The number of carbonyl (C=O) groups excluding carboxylic acids is 1. The van der Waals surface area contributed by atoms with Gasteiger partial charge in [0.25, 0.3) is 0 Å². The van der Waals surface area contributed by atoms with Gasteiger partial charge in [0.1, 0.15) is 5.88 Å². The van der Waals surface area contributed by atoms with Gasteiger partial charge < -0.3 is 13.8 Å². The van der Waals surface area contributed by atoms with E-state index in [0.29, 0.717) is 0 Å².